The van der Waals surface area contributed by atoms with Gasteiger partial charge in [-0.15, -0.1) is 0 Å². The van der Waals surface area contributed by atoms with Crippen LogP contribution in [0, 0.1) is 0 Å². The Morgan fingerprint density at radius 3 is 2.77 bits per heavy atom. The first-order valence-electron chi connectivity index (χ1n) is 7.27. The maximum atomic E-state index is 12.9. The Balaban J connectivity index is 2.20. The van der Waals surface area contributed by atoms with Crippen molar-refractivity contribution in [3.63, 3.8) is 0 Å². The van der Waals surface area contributed by atoms with Crippen molar-refractivity contribution < 1.29 is 4.79 Å². The van der Waals surface area contributed by atoms with E-state index < -0.39 is 0 Å². The van der Waals surface area contributed by atoms with E-state index >= 15 is 0 Å². The molecular formula is C18H17N3O. The van der Waals surface area contributed by atoms with E-state index in [4.69, 9.17) is 0 Å². The van der Waals surface area contributed by atoms with E-state index in [1.54, 1.807) is 17.0 Å². The lowest BCUT2D eigenvalue weighted by Gasteiger charge is -2.09. The SMILES string of the molecule is CC(C)N=c1ccccn1C(=O)c1cccc2ncccc12. The smallest absolute Gasteiger partial charge is 0.264 e. The van der Waals surface area contributed by atoms with Crippen LogP contribution in [0.4, 0.5) is 0 Å². The van der Waals surface area contributed by atoms with Crippen molar-refractivity contribution in [2.75, 3.05) is 0 Å². The van der Waals surface area contributed by atoms with Gasteiger partial charge >= 0.3 is 0 Å². The van der Waals surface area contributed by atoms with E-state index in [1.165, 1.54) is 0 Å². The quantitative estimate of drug-likeness (QED) is 0.728. The summed E-state index contributed by atoms with van der Waals surface area (Å²) in [7, 11) is 0. The predicted molar refractivity (Wildman–Crippen MR) is 86.6 cm³/mol. The molecule has 0 saturated heterocycles. The molecule has 0 bridgehead atoms. The van der Waals surface area contributed by atoms with Gasteiger partial charge in [-0.2, -0.15) is 0 Å². The summed E-state index contributed by atoms with van der Waals surface area (Å²) < 4.78 is 1.59. The molecule has 0 amide bonds. The van der Waals surface area contributed by atoms with Gasteiger partial charge in [-0.25, -0.2) is 0 Å². The second-order valence-corrected chi connectivity index (χ2v) is 5.33. The van der Waals surface area contributed by atoms with Crippen LogP contribution in [0.3, 0.4) is 0 Å². The molecule has 0 aliphatic carbocycles. The van der Waals surface area contributed by atoms with E-state index in [2.05, 4.69) is 9.98 Å². The van der Waals surface area contributed by atoms with Gasteiger partial charge in [-0.3, -0.25) is 19.3 Å². The highest BCUT2D eigenvalue weighted by Gasteiger charge is 2.12. The molecule has 4 heteroatoms. The monoisotopic (exact) mass is 291 g/mol. The Morgan fingerprint density at radius 2 is 1.95 bits per heavy atom. The molecule has 22 heavy (non-hydrogen) atoms. The number of carbonyl (C=O) groups is 1. The first-order chi connectivity index (χ1) is 10.7. The molecule has 2 heterocycles. The molecule has 0 N–H and O–H groups in total. The molecule has 0 saturated carbocycles. The molecule has 0 spiro atoms. The van der Waals surface area contributed by atoms with E-state index in [1.807, 2.05) is 62.4 Å². The van der Waals surface area contributed by atoms with Crippen molar-refractivity contribution >= 4 is 16.8 Å². The molecule has 3 rings (SSSR count). The Labute approximate surface area is 128 Å². The number of aromatic nitrogens is 2. The van der Waals surface area contributed by atoms with Crippen LogP contribution < -0.4 is 5.49 Å². The van der Waals surface area contributed by atoms with Gasteiger partial charge in [0, 0.05) is 29.4 Å². The Kier molecular flexibility index (Phi) is 3.83. The van der Waals surface area contributed by atoms with Gasteiger partial charge in [0.15, 0.2) is 0 Å². The fourth-order valence-corrected chi connectivity index (χ4v) is 2.40. The predicted octanol–water partition coefficient (Wildman–Crippen LogP) is 3.03. The van der Waals surface area contributed by atoms with Crippen molar-refractivity contribution in [1.29, 1.82) is 0 Å². The lowest BCUT2D eigenvalue weighted by atomic mass is 10.1. The number of pyridine rings is 2. The van der Waals surface area contributed by atoms with Gasteiger partial charge < -0.3 is 0 Å². The topological polar surface area (TPSA) is 47.2 Å². The Morgan fingerprint density at radius 1 is 1.09 bits per heavy atom. The second kappa shape index (κ2) is 5.93. The molecule has 3 aromatic rings. The van der Waals surface area contributed by atoms with Crippen LogP contribution in [-0.2, 0) is 0 Å². The number of nitrogens with zero attached hydrogens (tertiary/aromatic N) is 3. The zero-order chi connectivity index (χ0) is 15.5. The zero-order valence-electron chi connectivity index (χ0n) is 12.6. The first kappa shape index (κ1) is 14.2. The molecule has 0 atom stereocenters. The maximum Gasteiger partial charge on any atom is 0.264 e. The average Bonchev–Trinajstić information content (AvgIpc) is 2.54. The van der Waals surface area contributed by atoms with Crippen LogP contribution in [0.1, 0.15) is 24.2 Å². The zero-order valence-corrected chi connectivity index (χ0v) is 12.6. The highest BCUT2D eigenvalue weighted by atomic mass is 16.2. The van der Waals surface area contributed by atoms with Crippen molar-refractivity contribution in [3.8, 4) is 0 Å². The number of fused-ring (bicyclic) bond motifs is 1. The third-order valence-corrected chi connectivity index (χ3v) is 3.32. The summed E-state index contributed by atoms with van der Waals surface area (Å²) in [5.41, 5.74) is 2.10. The molecule has 2 aromatic heterocycles. The molecule has 0 radical (unpaired) electrons. The fraction of sp³-hybridized carbons (Fsp3) is 0.167. The largest absolute Gasteiger partial charge is 0.268 e. The molecule has 0 unspecified atom stereocenters. The van der Waals surface area contributed by atoms with E-state index in [0.717, 1.165) is 10.9 Å². The van der Waals surface area contributed by atoms with Gasteiger partial charge in [-0.1, -0.05) is 18.2 Å². The summed E-state index contributed by atoms with van der Waals surface area (Å²) in [5.74, 6) is -0.0985. The van der Waals surface area contributed by atoms with Crippen molar-refractivity contribution in [3.05, 3.63) is 72.0 Å². The molecular weight excluding hydrogens is 274 g/mol. The van der Waals surface area contributed by atoms with Gasteiger partial charge in [-0.05, 0) is 44.2 Å². The minimum absolute atomic E-state index is 0.0985. The molecule has 110 valence electrons. The number of carbonyl (C=O) groups excluding carboxylic acids is 1. The minimum Gasteiger partial charge on any atom is -0.268 e. The van der Waals surface area contributed by atoms with Crippen LogP contribution >= 0.6 is 0 Å². The number of rotatable bonds is 2. The normalized spacial score (nSPS) is 12.0. The Hall–Kier alpha value is -2.75. The molecule has 0 aliphatic rings. The third-order valence-electron chi connectivity index (χ3n) is 3.32. The van der Waals surface area contributed by atoms with Gasteiger partial charge in [0.25, 0.3) is 5.91 Å². The summed E-state index contributed by atoms with van der Waals surface area (Å²) in [4.78, 5) is 21.8. The summed E-state index contributed by atoms with van der Waals surface area (Å²) in [5, 5.41) is 0.849. The van der Waals surface area contributed by atoms with Crippen molar-refractivity contribution in [2.24, 2.45) is 4.99 Å². The lowest BCUT2D eigenvalue weighted by molar-refractivity contribution is 0.0956. The van der Waals surface area contributed by atoms with Crippen LogP contribution in [0.5, 0.6) is 0 Å². The minimum atomic E-state index is -0.0985. The average molecular weight is 291 g/mol. The van der Waals surface area contributed by atoms with Crippen LogP contribution in [0.15, 0.2) is 65.9 Å². The summed E-state index contributed by atoms with van der Waals surface area (Å²) in [6.45, 7) is 3.98. The van der Waals surface area contributed by atoms with Crippen LogP contribution in [0.2, 0.25) is 0 Å². The van der Waals surface area contributed by atoms with Gasteiger partial charge in [0.05, 0.1) is 5.52 Å². The lowest BCUT2D eigenvalue weighted by Crippen LogP contribution is -2.28. The molecule has 0 aliphatic heterocycles. The number of hydrogen-bond donors (Lipinski definition) is 0. The van der Waals surface area contributed by atoms with E-state index in [-0.39, 0.29) is 11.9 Å². The molecule has 1 aromatic carbocycles. The van der Waals surface area contributed by atoms with Gasteiger partial charge in [0.2, 0.25) is 0 Å². The van der Waals surface area contributed by atoms with Crippen LogP contribution in [0.25, 0.3) is 10.9 Å². The van der Waals surface area contributed by atoms with Gasteiger partial charge in [0.1, 0.15) is 5.49 Å². The Bertz CT molecular complexity index is 888. The third kappa shape index (κ3) is 2.68. The summed E-state index contributed by atoms with van der Waals surface area (Å²) in [6.07, 6.45) is 3.48. The first-order valence-corrected chi connectivity index (χ1v) is 7.27. The molecule has 0 fully saturated rings. The van der Waals surface area contributed by atoms with Crippen molar-refractivity contribution in [1.82, 2.24) is 9.55 Å². The van der Waals surface area contributed by atoms with E-state index in [0.29, 0.717) is 11.1 Å². The summed E-state index contributed by atoms with van der Waals surface area (Å²) >= 11 is 0. The highest BCUT2D eigenvalue weighted by molar-refractivity contribution is 6.07. The maximum absolute atomic E-state index is 12.9. The standard InChI is InChI=1S/C18H17N3O/c1-13(2)20-17-10-3-4-12-21(17)18(22)15-7-5-9-16-14(15)8-6-11-19-16/h3-13H,1-2H3. The number of benzene rings is 1. The second-order valence-electron chi connectivity index (χ2n) is 5.33. The summed E-state index contributed by atoms with van der Waals surface area (Å²) in [6, 6.07) is 15.0. The van der Waals surface area contributed by atoms with Crippen LogP contribution in [-0.4, -0.2) is 21.5 Å². The van der Waals surface area contributed by atoms with Crippen molar-refractivity contribution in [2.45, 2.75) is 19.9 Å². The molecule has 4 nitrogen and oxygen atoms in total. The highest BCUT2D eigenvalue weighted by Crippen LogP contribution is 2.17. The number of hydrogen-bond acceptors (Lipinski definition) is 3. The van der Waals surface area contributed by atoms with E-state index in [9.17, 15) is 4.79 Å². The fourth-order valence-electron chi connectivity index (χ4n) is 2.40.